The number of aromatic nitrogens is 2. The van der Waals surface area contributed by atoms with Crippen LogP contribution in [0.1, 0.15) is 18.4 Å². The molecule has 0 atom stereocenters. The lowest BCUT2D eigenvalue weighted by Gasteiger charge is -2.13. The first-order chi connectivity index (χ1) is 24.8. The number of allylic oxidation sites excluding steroid dienone is 4. The van der Waals surface area contributed by atoms with Crippen LogP contribution in [0.15, 0.2) is 182 Å². The van der Waals surface area contributed by atoms with Gasteiger partial charge in [0, 0.05) is 38.5 Å². The first-order valence-corrected chi connectivity index (χ1v) is 17.5. The maximum Gasteiger partial charge on any atom is 0.0619 e. The molecule has 2 nitrogen and oxygen atoms in total. The Kier molecular flexibility index (Phi) is 6.67. The fraction of sp³-hybridized carbons (Fsp3) is 0.0417. The largest absolute Gasteiger partial charge is 0.309 e. The smallest absolute Gasteiger partial charge is 0.0619 e. The topological polar surface area (TPSA) is 9.86 Å². The molecule has 0 unspecified atom stereocenters. The zero-order valence-corrected chi connectivity index (χ0v) is 27.6. The van der Waals surface area contributed by atoms with Crippen molar-refractivity contribution in [1.82, 2.24) is 9.13 Å². The first-order valence-electron chi connectivity index (χ1n) is 17.5. The van der Waals surface area contributed by atoms with Gasteiger partial charge in [-0.2, -0.15) is 0 Å². The van der Waals surface area contributed by atoms with Crippen molar-refractivity contribution in [3.8, 4) is 33.6 Å². The van der Waals surface area contributed by atoms with Crippen LogP contribution in [-0.4, -0.2) is 9.13 Å². The van der Waals surface area contributed by atoms with Crippen molar-refractivity contribution in [3.05, 3.63) is 188 Å². The minimum Gasteiger partial charge on any atom is -0.309 e. The molecule has 50 heavy (non-hydrogen) atoms. The summed E-state index contributed by atoms with van der Waals surface area (Å²) in [5, 5.41) is 5.04. The van der Waals surface area contributed by atoms with E-state index in [4.69, 9.17) is 0 Å². The van der Waals surface area contributed by atoms with E-state index in [1.54, 1.807) is 0 Å². The molecule has 10 rings (SSSR count). The van der Waals surface area contributed by atoms with Gasteiger partial charge in [0.25, 0.3) is 0 Å². The van der Waals surface area contributed by atoms with E-state index in [9.17, 15) is 0 Å². The van der Waals surface area contributed by atoms with Crippen molar-refractivity contribution >= 4 is 49.2 Å². The van der Waals surface area contributed by atoms with E-state index in [2.05, 4.69) is 191 Å². The van der Waals surface area contributed by atoms with E-state index in [1.807, 2.05) is 0 Å². The third kappa shape index (κ3) is 4.57. The number of nitrogens with zero attached hydrogens (tertiary/aromatic N) is 2. The molecule has 7 aromatic carbocycles. The van der Waals surface area contributed by atoms with Crippen LogP contribution in [0.4, 0.5) is 0 Å². The average molecular weight is 639 g/mol. The summed E-state index contributed by atoms with van der Waals surface area (Å²) in [5.74, 6) is 0. The fourth-order valence-electron chi connectivity index (χ4n) is 8.00. The normalized spacial score (nSPS) is 13.1. The third-order valence-corrected chi connectivity index (χ3v) is 10.4. The molecule has 0 saturated heterocycles. The number of hydrogen-bond donors (Lipinski definition) is 0. The molecule has 0 aliphatic heterocycles. The summed E-state index contributed by atoms with van der Waals surface area (Å²) in [6, 6.07) is 60.0. The van der Waals surface area contributed by atoms with Gasteiger partial charge in [-0.3, -0.25) is 0 Å². The lowest BCUT2D eigenvalue weighted by atomic mass is 9.99. The van der Waals surface area contributed by atoms with Crippen LogP contribution in [0.3, 0.4) is 0 Å². The standard InChI is InChI=1S/C48H34N2/c1-3-12-33(13-4-1)35-22-27-38(28-23-35)49-45-20-9-8-17-42(45)44-32-37(26-31-47(44)49)40-18-11-19-43-41-16-7-10-21-46(41)50(48(40)43)39-29-24-36(25-30-39)34-14-5-2-6-15-34/h2-3,5-32H,1,4H2. The van der Waals surface area contributed by atoms with Crippen LogP contribution in [0, 0.1) is 0 Å². The molecule has 0 amide bonds. The molecule has 0 fully saturated rings. The van der Waals surface area contributed by atoms with Gasteiger partial charge in [-0.25, -0.2) is 0 Å². The second-order valence-electron chi connectivity index (χ2n) is 13.2. The van der Waals surface area contributed by atoms with E-state index >= 15 is 0 Å². The summed E-state index contributed by atoms with van der Waals surface area (Å²) in [5.41, 5.74) is 14.7. The lowest BCUT2D eigenvalue weighted by molar-refractivity contribution is 1.04. The van der Waals surface area contributed by atoms with Gasteiger partial charge in [0.2, 0.25) is 0 Å². The van der Waals surface area contributed by atoms with E-state index < -0.39 is 0 Å². The van der Waals surface area contributed by atoms with Crippen molar-refractivity contribution < 1.29 is 0 Å². The SMILES string of the molecule is C1=CC(c2ccc(-n3c4ccccc4c4cc(-c5cccc6c7ccccc7n(-c7ccc(-c8ccccc8)cc7)c56)ccc43)cc2)=CCC1. The Bertz CT molecular complexity index is 2770. The van der Waals surface area contributed by atoms with Gasteiger partial charge in [-0.05, 0) is 89.2 Å². The molecule has 0 bridgehead atoms. The van der Waals surface area contributed by atoms with Crippen molar-refractivity contribution in [1.29, 1.82) is 0 Å². The molecule has 0 radical (unpaired) electrons. The van der Waals surface area contributed by atoms with E-state index in [-0.39, 0.29) is 0 Å². The Morgan fingerprint density at radius 3 is 1.70 bits per heavy atom. The Morgan fingerprint density at radius 2 is 0.960 bits per heavy atom. The van der Waals surface area contributed by atoms with Crippen molar-refractivity contribution in [2.24, 2.45) is 0 Å². The van der Waals surface area contributed by atoms with Gasteiger partial charge < -0.3 is 9.13 Å². The highest BCUT2D eigenvalue weighted by atomic mass is 15.0. The highest BCUT2D eigenvalue weighted by Gasteiger charge is 2.18. The number of rotatable bonds is 5. The second-order valence-corrected chi connectivity index (χ2v) is 13.2. The van der Waals surface area contributed by atoms with Crippen LogP contribution in [0.2, 0.25) is 0 Å². The van der Waals surface area contributed by atoms with E-state index in [1.165, 1.54) is 82.7 Å². The molecule has 236 valence electrons. The summed E-state index contributed by atoms with van der Waals surface area (Å²) in [4.78, 5) is 0. The first kappa shape index (κ1) is 28.6. The number of fused-ring (bicyclic) bond motifs is 6. The Balaban J connectivity index is 1.15. The number of benzene rings is 7. The molecular formula is C48H34N2. The fourth-order valence-corrected chi connectivity index (χ4v) is 8.00. The Labute approximate surface area is 291 Å². The molecule has 1 aliphatic rings. The summed E-state index contributed by atoms with van der Waals surface area (Å²) in [6.45, 7) is 0. The van der Waals surface area contributed by atoms with Crippen LogP contribution in [0.25, 0.3) is 82.8 Å². The molecular weight excluding hydrogens is 605 g/mol. The van der Waals surface area contributed by atoms with Gasteiger partial charge in [0.05, 0.1) is 22.1 Å². The predicted octanol–water partition coefficient (Wildman–Crippen LogP) is 12.9. The zero-order chi connectivity index (χ0) is 33.0. The molecule has 1 aliphatic carbocycles. The predicted molar refractivity (Wildman–Crippen MR) is 212 cm³/mol. The quantitative estimate of drug-likeness (QED) is 0.178. The Hall–Kier alpha value is -6.38. The minimum absolute atomic E-state index is 1.11. The number of hydrogen-bond acceptors (Lipinski definition) is 0. The van der Waals surface area contributed by atoms with Gasteiger partial charge in [0.15, 0.2) is 0 Å². The van der Waals surface area contributed by atoms with Gasteiger partial charge in [-0.15, -0.1) is 0 Å². The molecule has 2 aromatic heterocycles. The van der Waals surface area contributed by atoms with Crippen LogP contribution in [0.5, 0.6) is 0 Å². The van der Waals surface area contributed by atoms with Gasteiger partial charge >= 0.3 is 0 Å². The molecule has 9 aromatic rings. The molecule has 0 spiro atoms. The van der Waals surface area contributed by atoms with Crippen molar-refractivity contribution in [2.45, 2.75) is 12.8 Å². The van der Waals surface area contributed by atoms with E-state index in [0.717, 1.165) is 18.5 Å². The molecule has 2 heterocycles. The van der Waals surface area contributed by atoms with Crippen molar-refractivity contribution in [3.63, 3.8) is 0 Å². The van der Waals surface area contributed by atoms with E-state index in [0.29, 0.717) is 0 Å². The summed E-state index contributed by atoms with van der Waals surface area (Å²) >= 11 is 0. The minimum atomic E-state index is 1.11. The zero-order valence-electron chi connectivity index (χ0n) is 27.6. The van der Waals surface area contributed by atoms with Gasteiger partial charge in [0.1, 0.15) is 0 Å². The molecule has 2 heteroatoms. The van der Waals surface area contributed by atoms with Gasteiger partial charge in [-0.1, -0.05) is 133 Å². The highest BCUT2D eigenvalue weighted by Crippen LogP contribution is 2.41. The summed E-state index contributed by atoms with van der Waals surface area (Å²) in [7, 11) is 0. The monoisotopic (exact) mass is 638 g/mol. The highest BCUT2D eigenvalue weighted by molar-refractivity contribution is 6.15. The maximum absolute atomic E-state index is 2.45. The third-order valence-electron chi connectivity index (χ3n) is 10.4. The Morgan fingerprint density at radius 1 is 0.380 bits per heavy atom. The average Bonchev–Trinajstić information content (AvgIpc) is 3.71. The molecule has 0 N–H and O–H groups in total. The second kappa shape index (κ2) is 11.6. The van der Waals surface area contributed by atoms with Crippen molar-refractivity contribution in [2.75, 3.05) is 0 Å². The van der Waals surface area contributed by atoms with Crippen LogP contribution >= 0.6 is 0 Å². The van der Waals surface area contributed by atoms with Crippen LogP contribution < -0.4 is 0 Å². The number of para-hydroxylation sites is 3. The lowest BCUT2D eigenvalue weighted by Crippen LogP contribution is -1.96. The summed E-state index contributed by atoms with van der Waals surface area (Å²) in [6.07, 6.45) is 9.10. The van der Waals surface area contributed by atoms with Crippen LogP contribution in [-0.2, 0) is 0 Å². The molecule has 0 saturated carbocycles. The summed E-state index contributed by atoms with van der Waals surface area (Å²) < 4.78 is 4.86. The maximum atomic E-state index is 2.45.